The Labute approximate surface area is 131 Å². The van der Waals surface area contributed by atoms with Gasteiger partial charge in [-0.05, 0) is 31.5 Å². The van der Waals surface area contributed by atoms with Gasteiger partial charge in [0.05, 0.1) is 24.7 Å². The van der Waals surface area contributed by atoms with Crippen LogP contribution in [0.2, 0.25) is 0 Å². The number of amides is 1. The van der Waals surface area contributed by atoms with Crippen LogP contribution in [0.15, 0.2) is 29.1 Å². The molecule has 0 atom stereocenters. The number of nitrogens with zero attached hydrogens (tertiary/aromatic N) is 2. The van der Waals surface area contributed by atoms with Gasteiger partial charge in [-0.3, -0.25) is 4.79 Å². The molecule has 0 aliphatic carbocycles. The molecule has 0 saturated carbocycles. The van der Waals surface area contributed by atoms with Gasteiger partial charge in [0.25, 0.3) is 0 Å². The third-order valence-corrected chi connectivity index (χ3v) is 4.54. The minimum absolute atomic E-state index is 0.118. The van der Waals surface area contributed by atoms with E-state index in [1.807, 2.05) is 13.0 Å². The Kier molecular flexibility index (Phi) is 4.06. The lowest BCUT2D eigenvalue weighted by Crippen LogP contribution is -2.29. The van der Waals surface area contributed by atoms with E-state index in [4.69, 9.17) is 4.42 Å². The summed E-state index contributed by atoms with van der Waals surface area (Å²) >= 11 is 1.63. The third-order valence-electron chi connectivity index (χ3n) is 3.42. The zero-order valence-electron chi connectivity index (χ0n) is 12.3. The predicted octanol–water partition coefficient (Wildman–Crippen LogP) is 2.63. The summed E-state index contributed by atoms with van der Waals surface area (Å²) in [7, 11) is 0. The molecule has 0 radical (unpaired) electrons. The quantitative estimate of drug-likeness (QED) is 0.756. The Morgan fingerprint density at radius 2 is 2.23 bits per heavy atom. The topological polar surface area (TPSA) is 80.0 Å². The maximum atomic E-state index is 11.9. The van der Waals surface area contributed by atoms with Gasteiger partial charge in [-0.2, -0.15) is 0 Å². The van der Waals surface area contributed by atoms with Gasteiger partial charge in [0.15, 0.2) is 0 Å². The fourth-order valence-electron chi connectivity index (χ4n) is 2.14. The van der Waals surface area contributed by atoms with Gasteiger partial charge in [-0.15, -0.1) is 11.3 Å². The molecule has 0 aromatic carbocycles. The highest BCUT2D eigenvalue weighted by molar-refractivity contribution is 7.18. The Bertz CT molecular complexity index is 795. The second kappa shape index (κ2) is 6.15. The molecule has 2 N–H and O–H groups in total. The van der Waals surface area contributed by atoms with E-state index in [0.717, 1.165) is 21.5 Å². The number of fused-ring (bicyclic) bond motifs is 1. The summed E-state index contributed by atoms with van der Waals surface area (Å²) in [5.41, 5.74) is 1.15. The summed E-state index contributed by atoms with van der Waals surface area (Å²) in [6.45, 7) is 4.63. The van der Waals surface area contributed by atoms with Crippen molar-refractivity contribution in [3.8, 4) is 0 Å². The number of carbonyl (C=O) groups excluding carboxylic acids is 1. The van der Waals surface area contributed by atoms with Crippen LogP contribution in [-0.2, 0) is 11.3 Å². The largest absolute Gasteiger partial charge is 0.467 e. The molecule has 1 amide bonds. The number of anilines is 1. The Hall–Kier alpha value is -2.41. The number of furan rings is 1. The number of hydrogen-bond acceptors (Lipinski definition) is 6. The number of thiophene rings is 1. The first-order chi connectivity index (χ1) is 10.6. The average Bonchev–Trinajstić information content (AvgIpc) is 3.12. The molecule has 0 unspecified atom stereocenters. The van der Waals surface area contributed by atoms with Crippen molar-refractivity contribution in [1.29, 1.82) is 0 Å². The molecular formula is C15H16N4O2S. The van der Waals surface area contributed by atoms with Gasteiger partial charge in [-0.1, -0.05) is 0 Å². The van der Waals surface area contributed by atoms with Crippen LogP contribution in [-0.4, -0.2) is 22.4 Å². The fourth-order valence-corrected chi connectivity index (χ4v) is 3.14. The van der Waals surface area contributed by atoms with E-state index < -0.39 is 0 Å². The average molecular weight is 316 g/mol. The molecule has 6 nitrogen and oxygen atoms in total. The van der Waals surface area contributed by atoms with E-state index in [-0.39, 0.29) is 12.5 Å². The molecule has 0 aliphatic heterocycles. The first-order valence-electron chi connectivity index (χ1n) is 6.89. The first-order valence-corrected chi connectivity index (χ1v) is 7.70. The molecule has 0 aliphatic rings. The summed E-state index contributed by atoms with van der Waals surface area (Å²) in [4.78, 5) is 22.5. The molecule has 0 saturated heterocycles. The molecule has 114 valence electrons. The van der Waals surface area contributed by atoms with Crippen molar-refractivity contribution in [2.45, 2.75) is 20.4 Å². The van der Waals surface area contributed by atoms with E-state index in [1.165, 1.54) is 11.2 Å². The number of carbonyl (C=O) groups is 1. The summed E-state index contributed by atoms with van der Waals surface area (Å²) in [6.07, 6.45) is 3.10. The third kappa shape index (κ3) is 2.94. The highest BCUT2D eigenvalue weighted by atomic mass is 32.1. The minimum Gasteiger partial charge on any atom is -0.467 e. The molecule has 0 spiro atoms. The summed E-state index contributed by atoms with van der Waals surface area (Å²) < 4.78 is 5.17. The van der Waals surface area contributed by atoms with Crippen LogP contribution in [0, 0.1) is 13.8 Å². The van der Waals surface area contributed by atoms with Crippen molar-refractivity contribution < 1.29 is 9.21 Å². The van der Waals surface area contributed by atoms with Crippen molar-refractivity contribution >= 4 is 33.3 Å². The zero-order chi connectivity index (χ0) is 15.5. The highest BCUT2D eigenvalue weighted by Crippen LogP contribution is 2.32. The number of hydrogen-bond donors (Lipinski definition) is 2. The summed E-state index contributed by atoms with van der Waals surface area (Å²) in [6, 6.07) is 3.61. The summed E-state index contributed by atoms with van der Waals surface area (Å²) in [5, 5.41) is 6.86. The van der Waals surface area contributed by atoms with E-state index in [2.05, 4.69) is 27.5 Å². The van der Waals surface area contributed by atoms with Crippen molar-refractivity contribution in [3.63, 3.8) is 0 Å². The highest BCUT2D eigenvalue weighted by Gasteiger charge is 2.12. The second-order valence-electron chi connectivity index (χ2n) is 4.90. The molecule has 0 fully saturated rings. The van der Waals surface area contributed by atoms with Gasteiger partial charge < -0.3 is 15.1 Å². The molecule has 22 heavy (non-hydrogen) atoms. The maximum Gasteiger partial charge on any atom is 0.239 e. The van der Waals surface area contributed by atoms with Gasteiger partial charge >= 0.3 is 0 Å². The molecule has 0 bridgehead atoms. The molecule has 3 aromatic heterocycles. The van der Waals surface area contributed by atoms with Gasteiger partial charge in [-0.25, -0.2) is 9.97 Å². The normalized spacial score (nSPS) is 10.8. The smallest absolute Gasteiger partial charge is 0.239 e. The van der Waals surface area contributed by atoms with E-state index in [1.54, 1.807) is 23.7 Å². The fraction of sp³-hybridized carbons (Fsp3) is 0.267. The lowest BCUT2D eigenvalue weighted by Gasteiger charge is -2.07. The standard InChI is InChI=1S/C15H16N4O2S/c1-9-10(2)22-15-13(9)14(18-8-19-15)17-7-12(20)16-6-11-4-3-5-21-11/h3-5,8H,6-7H2,1-2H3,(H,16,20)(H,17,18,19). The van der Waals surface area contributed by atoms with E-state index in [9.17, 15) is 4.79 Å². The van der Waals surface area contributed by atoms with Gasteiger partial charge in [0.1, 0.15) is 22.7 Å². The van der Waals surface area contributed by atoms with Crippen LogP contribution >= 0.6 is 11.3 Å². The molecule has 7 heteroatoms. The molecule has 3 rings (SSSR count). The van der Waals surface area contributed by atoms with Crippen molar-refractivity contribution in [2.75, 3.05) is 11.9 Å². The van der Waals surface area contributed by atoms with Crippen LogP contribution < -0.4 is 10.6 Å². The predicted molar refractivity (Wildman–Crippen MR) is 85.9 cm³/mol. The SMILES string of the molecule is Cc1sc2ncnc(NCC(=O)NCc3ccco3)c2c1C. The van der Waals surface area contributed by atoms with Crippen molar-refractivity contribution in [2.24, 2.45) is 0 Å². The number of aromatic nitrogens is 2. The number of nitrogens with one attached hydrogen (secondary N) is 2. The Morgan fingerprint density at radius 3 is 3.00 bits per heavy atom. The molecule has 3 aromatic rings. The van der Waals surface area contributed by atoms with Crippen LogP contribution in [0.1, 0.15) is 16.2 Å². The van der Waals surface area contributed by atoms with E-state index >= 15 is 0 Å². The van der Waals surface area contributed by atoms with Crippen LogP contribution in [0.5, 0.6) is 0 Å². The van der Waals surface area contributed by atoms with Gasteiger partial charge in [0, 0.05) is 4.88 Å². The minimum atomic E-state index is -0.118. The van der Waals surface area contributed by atoms with Crippen LogP contribution in [0.3, 0.4) is 0 Å². The van der Waals surface area contributed by atoms with Crippen LogP contribution in [0.4, 0.5) is 5.82 Å². The first kappa shape index (κ1) is 14.5. The lowest BCUT2D eigenvalue weighted by molar-refractivity contribution is -0.119. The maximum absolute atomic E-state index is 11.9. The Balaban J connectivity index is 1.65. The summed E-state index contributed by atoms with van der Waals surface area (Å²) in [5.74, 6) is 1.30. The molecule has 3 heterocycles. The van der Waals surface area contributed by atoms with Crippen molar-refractivity contribution in [3.05, 3.63) is 40.9 Å². The Morgan fingerprint density at radius 1 is 1.36 bits per heavy atom. The number of aryl methyl sites for hydroxylation is 2. The zero-order valence-corrected chi connectivity index (χ0v) is 13.2. The monoisotopic (exact) mass is 316 g/mol. The molecular weight excluding hydrogens is 300 g/mol. The van der Waals surface area contributed by atoms with E-state index in [0.29, 0.717) is 12.4 Å². The van der Waals surface area contributed by atoms with Crippen molar-refractivity contribution in [1.82, 2.24) is 15.3 Å². The lowest BCUT2D eigenvalue weighted by atomic mass is 10.2. The second-order valence-corrected chi connectivity index (χ2v) is 6.10. The number of rotatable bonds is 5. The van der Waals surface area contributed by atoms with Crippen LogP contribution in [0.25, 0.3) is 10.2 Å². The van der Waals surface area contributed by atoms with Gasteiger partial charge in [0.2, 0.25) is 5.91 Å².